The lowest BCUT2D eigenvalue weighted by Crippen LogP contribution is -2.51. The highest BCUT2D eigenvalue weighted by atomic mass is 16.5. The summed E-state index contributed by atoms with van der Waals surface area (Å²) >= 11 is 0. The molecule has 2 N–H and O–H groups in total. The molecule has 6 heteroatoms. The number of fused-ring (bicyclic) bond motifs is 1. The van der Waals surface area contributed by atoms with Gasteiger partial charge in [-0.3, -0.25) is 14.5 Å². The zero-order valence-corrected chi connectivity index (χ0v) is 12.5. The number of hydrogen-bond acceptors (Lipinski definition) is 4. The minimum atomic E-state index is -0.277. The van der Waals surface area contributed by atoms with E-state index in [2.05, 4.69) is 10.3 Å². The van der Waals surface area contributed by atoms with Gasteiger partial charge in [0.05, 0.1) is 19.8 Å². The largest absolute Gasteiger partial charge is 0.378 e. The van der Waals surface area contributed by atoms with Gasteiger partial charge in [0, 0.05) is 29.2 Å². The molecule has 0 spiro atoms. The maximum Gasteiger partial charge on any atom is 0.240 e. The molecular weight excluding hydrogens is 282 g/mol. The minimum Gasteiger partial charge on any atom is -0.378 e. The Kier molecular flexibility index (Phi) is 4.22. The van der Waals surface area contributed by atoms with Crippen molar-refractivity contribution in [3.8, 4) is 0 Å². The third-order valence-corrected chi connectivity index (χ3v) is 3.94. The van der Waals surface area contributed by atoms with Crippen LogP contribution in [0.1, 0.15) is 5.69 Å². The van der Waals surface area contributed by atoms with Crippen LogP contribution in [0.4, 0.5) is 0 Å². The molecular formula is C16H19N3O3. The summed E-state index contributed by atoms with van der Waals surface area (Å²) in [6.45, 7) is 2.09. The van der Waals surface area contributed by atoms with Crippen LogP contribution in [0.3, 0.4) is 0 Å². The predicted molar refractivity (Wildman–Crippen MR) is 83.7 cm³/mol. The van der Waals surface area contributed by atoms with E-state index in [4.69, 9.17) is 4.74 Å². The smallest absolute Gasteiger partial charge is 0.240 e. The molecule has 116 valence electrons. The van der Waals surface area contributed by atoms with Crippen LogP contribution in [0.5, 0.6) is 0 Å². The minimum absolute atomic E-state index is 0.0447. The molecule has 0 aliphatic carbocycles. The van der Waals surface area contributed by atoms with E-state index in [9.17, 15) is 9.59 Å². The van der Waals surface area contributed by atoms with Crippen LogP contribution in [0, 0.1) is 0 Å². The van der Waals surface area contributed by atoms with Gasteiger partial charge in [0.2, 0.25) is 5.91 Å². The molecule has 0 bridgehead atoms. The van der Waals surface area contributed by atoms with E-state index >= 15 is 0 Å². The Morgan fingerprint density at radius 1 is 1.45 bits per heavy atom. The van der Waals surface area contributed by atoms with Crippen LogP contribution in [0.2, 0.25) is 0 Å². The number of H-pyrrole nitrogens is 1. The summed E-state index contributed by atoms with van der Waals surface area (Å²) in [7, 11) is 1.91. The average Bonchev–Trinajstić information content (AvgIpc) is 2.53. The number of amides is 1. The van der Waals surface area contributed by atoms with E-state index in [0.29, 0.717) is 30.8 Å². The Morgan fingerprint density at radius 3 is 3.09 bits per heavy atom. The number of ether oxygens (including phenoxy) is 1. The van der Waals surface area contributed by atoms with E-state index in [1.54, 1.807) is 6.07 Å². The van der Waals surface area contributed by atoms with Gasteiger partial charge in [0.25, 0.3) is 0 Å². The van der Waals surface area contributed by atoms with Crippen molar-refractivity contribution in [3.63, 3.8) is 0 Å². The second kappa shape index (κ2) is 6.29. The Morgan fingerprint density at radius 2 is 2.27 bits per heavy atom. The van der Waals surface area contributed by atoms with E-state index in [1.807, 2.05) is 30.1 Å². The van der Waals surface area contributed by atoms with Crippen molar-refractivity contribution in [2.24, 2.45) is 0 Å². The number of carbonyl (C=O) groups excluding carboxylic acids is 1. The van der Waals surface area contributed by atoms with Crippen LogP contribution in [0.15, 0.2) is 35.1 Å². The molecule has 6 nitrogen and oxygen atoms in total. The molecule has 1 aromatic carbocycles. The summed E-state index contributed by atoms with van der Waals surface area (Å²) in [5.74, 6) is -0.0868. The van der Waals surface area contributed by atoms with Gasteiger partial charge in [0.1, 0.15) is 6.04 Å². The number of pyridine rings is 1. The Balaban J connectivity index is 1.71. The van der Waals surface area contributed by atoms with Crippen molar-refractivity contribution in [2.75, 3.05) is 26.8 Å². The second-order valence-electron chi connectivity index (χ2n) is 5.49. The maximum atomic E-state index is 12.2. The van der Waals surface area contributed by atoms with Gasteiger partial charge in [-0.25, -0.2) is 0 Å². The number of likely N-dealkylation sites (N-methyl/N-ethyl adjacent to an activating group) is 1. The van der Waals surface area contributed by atoms with Gasteiger partial charge in [-0.05, 0) is 19.2 Å². The van der Waals surface area contributed by atoms with Crippen molar-refractivity contribution in [3.05, 3.63) is 46.2 Å². The molecule has 0 saturated carbocycles. The van der Waals surface area contributed by atoms with Gasteiger partial charge in [-0.15, -0.1) is 0 Å². The molecule has 1 amide bonds. The topological polar surface area (TPSA) is 74.4 Å². The van der Waals surface area contributed by atoms with Gasteiger partial charge in [-0.2, -0.15) is 0 Å². The summed E-state index contributed by atoms with van der Waals surface area (Å²) in [6, 6.07) is 8.59. The molecule has 1 atom stereocenters. The zero-order chi connectivity index (χ0) is 15.5. The molecule has 1 unspecified atom stereocenters. The average molecular weight is 301 g/mol. The number of carbonyl (C=O) groups is 1. The molecule has 3 rings (SSSR count). The van der Waals surface area contributed by atoms with Crippen molar-refractivity contribution >= 4 is 16.8 Å². The lowest BCUT2D eigenvalue weighted by molar-refractivity contribution is -0.131. The SMILES string of the molecule is CN1CCOCC1C(=O)NCc1cc(=O)c2ccccc2[nH]1. The standard InChI is InChI=1S/C16H19N3O3/c1-19-6-7-22-10-14(19)16(21)17-9-11-8-15(20)12-4-2-3-5-13(12)18-11/h2-5,8,14H,6-7,9-10H2,1H3,(H,17,21)(H,18,20). The zero-order valence-electron chi connectivity index (χ0n) is 12.5. The van der Waals surface area contributed by atoms with E-state index in [1.165, 1.54) is 6.07 Å². The summed E-state index contributed by atoms with van der Waals surface area (Å²) in [5, 5.41) is 3.51. The highest BCUT2D eigenvalue weighted by molar-refractivity contribution is 5.82. The number of benzene rings is 1. The molecule has 1 fully saturated rings. The normalized spacial score (nSPS) is 19.2. The van der Waals surface area contributed by atoms with Crippen LogP contribution in [0.25, 0.3) is 10.9 Å². The number of nitrogens with one attached hydrogen (secondary N) is 2. The van der Waals surface area contributed by atoms with Crippen molar-refractivity contribution in [2.45, 2.75) is 12.6 Å². The first kappa shape index (κ1) is 14.7. The molecule has 2 heterocycles. The monoisotopic (exact) mass is 301 g/mol. The Bertz CT molecular complexity index is 741. The van der Waals surface area contributed by atoms with Crippen LogP contribution >= 0.6 is 0 Å². The van der Waals surface area contributed by atoms with E-state index in [0.717, 1.165) is 12.1 Å². The summed E-state index contributed by atoms with van der Waals surface area (Å²) in [5.41, 5.74) is 1.42. The maximum absolute atomic E-state index is 12.2. The fraction of sp³-hybridized carbons (Fsp3) is 0.375. The summed E-state index contributed by atoms with van der Waals surface area (Å²) < 4.78 is 5.34. The Hall–Kier alpha value is -2.18. The van der Waals surface area contributed by atoms with Crippen LogP contribution in [-0.2, 0) is 16.1 Å². The first-order chi connectivity index (χ1) is 10.6. The molecule has 1 aromatic heterocycles. The van der Waals surface area contributed by atoms with Crippen LogP contribution in [-0.4, -0.2) is 48.6 Å². The fourth-order valence-electron chi connectivity index (χ4n) is 2.61. The van der Waals surface area contributed by atoms with E-state index in [-0.39, 0.29) is 17.4 Å². The van der Waals surface area contributed by atoms with Gasteiger partial charge in [-0.1, -0.05) is 12.1 Å². The molecule has 22 heavy (non-hydrogen) atoms. The predicted octanol–water partition coefficient (Wildman–Crippen LogP) is 0.475. The van der Waals surface area contributed by atoms with Gasteiger partial charge >= 0.3 is 0 Å². The van der Waals surface area contributed by atoms with Gasteiger partial charge < -0.3 is 15.0 Å². The lowest BCUT2D eigenvalue weighted by Gasteiger charge is -2.31. The van der Waals surface area contributed by atoms with Crippen molar-refractivity contribution in [1.82, 2.24) is 15.2 Å². The lowest BCUT2D eigenvalue weighted by atomic mass is 10.2. The number of hydrogen-bond donors (Lipinski definition) is 2. The highest BCUT2D eigenvalue weighted by Crippen LogP contribution is 2.08. The fourth-order valence-corrected chi connectivity index (χ4v) is 2.61. The number of aromatic nitrogens is 1. The number of aromatic amines is 1. The van der Waals surface area contributed by atoms with Gasteiger partial charge in [0.15, 0.2) is 5.43 Å². The number of rotatable bonds is 3. The quantitative estimate of drug-likeness (QED) is 0.864. The van der Waals surface area contributed by atoms with Crippen molar-refractivity contribution < 1.29 is 9.53 Å². The third kappa shape index (κ3) is 3.03. The number of para-hydroxylation sites is 1. The number of nitrogens with zero attached hydrogens (tertiary/aromatic N) is 1. The first-order valence-electron chi connectivity index (χ1n) is 7.32. The molecule has 1 aliphatic rings. The summed E-state index contributed by atoms with van der Waals surface area (Å²) in [4.78, 5) is 29.4. The molecule has 0 radical (unpaired) electrons. The Labute approximate surface area is 128 Å². The number of morpholine rings is 1. The van der Waals surface area contributed by atoms with Crippen LogP contribution < -0.4 is 10.7 Å². The van der Waals surface area contributed by atoms with Crippen molar-refractivity contribution in [1.29, 1.82) is 0 Å². The first-order valence-corrected chi connectivity index (χ1v) is 7.32. The molecule has 1 saturated heterocycles. The highest BCUT2D eigenvalue weighted by Gasteiger charge is 2.26. The third-order valence-electron chi connectivity index (χ3n) is 3.94. The summed E-state index contributed by atoms with van der Waals surface area (Å²) in [6.07, 6.45) is 0. The van der Waals surface area contributed by atoms with E-state index < -0.39 is 0 Å². The second-order valence-corrected chi connectivity index (χ2v) is 5.49. The molecule has 1 aliphatic heterocycles. The molecule has 2 aromatic rings.